The Morgan fingerprint density at radius 1 is 0.967 bits per heavy atom. The topological polar surface area (TPSA) is 69.6 Å². The Morgan fingerprint density at radius 2 is 1.80 bits per heavy atom. The summed E-state index contributed by atoms with van der Waals surface area (Å²) in [5.41, 5.74) is 2.60. The molecule has 0 N–H and O–H groups in total. The number of aromatic nitrogens is 5. The van der Waals surface area contributed by atoms with Crippen LogP contribution in [0.3, 0.4) is 0 Å². The van der Waals surface area contributed by atoms with Crippen LogP contribution in [0.1, 0.15) is 5.82 Å². The van der Waals surface area contributed by atoms with Crippen LogP contribution in [0, 0.1) is 5.82 Å². The molecular formula is C21H14FN5OS2. The van der Waals surface area contributed by atoms with Gasteiger partial charge in [0.15, 0.2) is 16.8 Å². The highest BCUT2D eigenvalue weighted by atomic mass is 32.2. The molecule has 0 amide bonds. The van der Waals surface area contributed by atoms with Gasteiger partial charge >= 0.3 is 0 Å². The Morgan fingerprint density at radius 3 is 2.57 bits per heavy atom. The van der Waals surface area contributed by atoms with Gasteiger partial charge in [-0.1, -0.05) is 35.1 Å². The summed E-state index contributed by atoms with van der Waals surface area (Å²) in [6.07, 6.45) is 0. The number of thioether (sulfide) groups is 1. The molecule has 0 radical (unpaired) electrons. The summed E-state index contributed by atoms with van der Waals surface area (Å²) in [6.45, 7) is 0. The Labute approximate surface area is 179 Å². The summed E-state index contributed by atoms with van der Waals surface area (Å²) >= 11 is 3.03. The molecule has 0 aliphatic carbocycles. The van der Waals surface area contributed by atoms with E-state index in [1.165, 1.54) is 23.9 Å². The van der Waals surface area contributed by atoms with Gasteiger partial charge in [-0.05, 0) is 47.8 Å². The number of hydrogen-bond donors (Lipinski definition) is 0. The lowest BCUT2D eigenvalue weighted by molar-refractivity contribution is 0.425. The maximum absolute atomic E-state index is 13.4. The van der Waals surface area contributed by atoms with Crippen LogP contribution in [0.5, 0.6) is 0 Å². The minimum Gasteiger partial charge on any atom is -0.334 e. The van der Waals surface area contributed by atoms with Gasteiger partial charge in [-0.25, -0.2) is 4.39 Å². The number of benzene rings is 2. The maximum atomic E-state index is 13.4. The second kappa shape index (κ2) is 8.21. The van der Waals surface area contributed by atoms with Gasteiger partial charge in [0.25, 0.3) is 5.89 Å². The molecule has 5 aromatic rings. The molecule has 0 unspecified atom stereocenters. The van der Waals surface area contributed by atoms with Gasteiger partial charge in [0, 0.05) is 16.6 Å². The predicted molar refractivity (Wildman–Crippen MR) is 114 cm³/mol. The lowest BCUT2D eigenvalue weighted by atomic mass is 10.2. The van der Waals surface area contributed by atoms with Crippen molar-refractivity contribution in [3.63, 3.8) is 0 Å². The Kier molecular flexibility index (Phi) is 5.12. The number of para-hydroxylation sites is 1. The molecule has 3 aromatic heterocycles. The van der Waals surface area contributed by atoms with Crippen molar-refractivity contribution in [2.24, 2.45) is 0 Å². The molecule has 0 saturated carbocycles. The number of halogens is 1. The lowest BCUT2D eigenvalue weighted by Crippen LogP contribution is -2.00. The summed E-state index contributed by atoms with van der Waals surface area (Å²) < 4.78 is 20.7. The minimum atomic E-state index is -0.294. The van der Waals surface area contributed by atoms with E-state index in [2.05, 4.69) is 20.3 Å². The molecule has 0 spiro atoms. The summed E-state index contributed by atoms with van der Waals surface area (Å²) in [7, 11) is 0. The zero-order valence-electron chi connectivity index (χ0n) is 15.5. The molecule has 6 nitrogen and oxygen atoms in total. The number of thiophene rings is 1. The van der Waals surface area contributed by atoms with Crippen molar-refractivity contribution < 1.29 is 8.91 Å². The molecule has 0 fully saturated rings. The third-order valence-corrected chi connectivity index (χ3v) is 5.92. The smallest absolute Gasteiger partial charge is 0.258 e. The Bertz CT molecular complexity index is 1250. The minimum absolute atomic E-state index is 0.294. The first-order chi connectivity index (χ1) is 14.8. The third-order valence-electron chi connectivity index (χ3n) is 4.32. The van der Waals surface area contributed by atoms with Gasteiger partial charge in [0.2, 0.25) is 0 Å². The zero-order chi connectivity index (χ0) is 20.3. The molecule has 148 valence electrons. The summed E-state index contributed by atoms with van der Waals surface area (Å²) in [6, 6.07) is 18.0. The normalized spacial score (nSPS) is 11.1. The SMILES string of the molecule is Fc1ccc(-c2nnc(SCc3noc(-c4ccsc4)n3)n2-c2ccccc2)cc1. The van der Waals surface area contributed by atoms with Crippen LogP contribution in [0.4, 0.5) is 4.39 Å². The quantitative estimate of drug-likeness (QED) is 0.329. The summed E-state index contributed by atoms with van der Waals surface area (Å²) in [5, 5.41) is 17.4. The number of hydrogen-bond acceptors (Lipinski definition) is 7. The fourth-order valence-corrected chi connectivity index (χ4v) is 4.33. The van der Waals surface area contributed by atoms with Crippen molar-refractivity contribution in [2.45, 2.75) is 10.9 Å². The number of nitrogens with zero attached hydrogens (tertiary/aromatic N) is 5. The van der Waals surface area contributed by atoms with Crippen molar-refractivity contribution in [3.8, 4) is 28.5 Å². The van der Waals surface area contributed by atoms with Crippen molar-refractivity contribution in [1.29, 1.82) is 0 Å². The highest BCUT2D eigenvalue weighted by molar-refractivity contribution is 7.98. The van der Waals surface area contributed by atoms with Crippen molar-refractivity contribution >= 4 is 23.1 Å². The molecule has 2 aromatic carbocycles. The van der Waals surface area contributed by atoms with E-state index in [0.717, 1.165) is 16.8 Å². The monoisotopic (exact) mass is 435 g/mol. The van der Waals surface area contributed by atoms with E-state index in [1.54, 1.807) is 23.5 Å². The zero-order valence-corrected chi connectivity index (χ0v) is 17.1. The van der Waals surface area contributed by atoms with Crippen LogP contribution in [0.2, 0.25) is 0 Å². The second-order valence-corrected chi connectivity index (χ2v) is 8.02. The van der Waals surface area contributed by atoms with E-state index in [-0.39, 0.29) is 5.82 Å². The fraction of sp³-hybridized carbons (Fsp3) is 0.0476. The van der Waals surface area contributed by atoms with E-state index in [4.69, 9.17) is 4.52 Å². The maximum Gasteiger partial charge on any atom is 0.258 e. The first kappa shape index (κ1) is 18.7. The van der Waals surface area contributed by atoms with Crippen LogP contribution >= 0.6 is 23.1 Å². The molecule has 0 aliphatic rings. The van der Waals surface area contributed by atoms with Crippen LogP contribution in [-0.2, 0) is 5.75 Å². The number of rotatable bonds is 6. The van der Waals surface area contributed by atoms with E-state index < -0.39 is 0 Å². The highest BCUT2D eigenvalue weighted by Crippen LogP contribution is 2.30. The van der Waals surface area contributed by atoms with E-state index >= 15 is 0 Å². The average Bonchev–Trinajstić information content (AvgIpc) is 3.53. The van der Waals surface area contributed by atoms with Gasteiger partial charge in [-0.3, -0.25) is 4.57 Å². The van der Waals surface area contributed by atoms with Crippen LogP contribution in [-0.4, -0.2) is 24.9 Å². The highest BCUT2D eigenvalue weighted by Gasteiger charge is 2.18. The van der Waals surface area contributed by atoms with Gasteiger partial charge in [-0.2, -0.15) is 16.3 Å². The first-order valence-electron chi connectivity index (χ1n) is 9.03. The average molecular weight is 436 g/mol. The molecule has 9 heteroatoms. The lowest BCUT2D eigenvalue weighted by Gasteiger charge is -2.09. The van der Waals surface area contributed by atoms with Gasteiger partial charge < -0.3 is 4.52 Å². The van der Waals surface area contributed by atoms with Crippen LogP contribution in [0.25, 0.3) is 28.5 Å². The predicted octanol–water partition coefficient (Wildman–Crippen LogP) is 5.48. The van der Waals surface area contributed by atoms with Crippen LogP contribution in [0.15, 0.2) is 81.1 Å². The largest absolute Gasteiger partial charge is 0.334 e. The van der Waals surface area contributed by atoms with Crippen LogP contribution < -0.4 is 0 Å². The van der Waals surface area contributed by atoms with Gasteiger partial charge in [0.1, 0.15) is 5.82 Å². The molecule has 0 atom stereocenters. The molecule has 3 heterocycles. The fourth-order valence-electron chi connectivity index (χ4n) is 2.90. The molecular weight excluding hydrogens is 421 g/mol. The summed E-state index contributed by atoms with van der Waals surface area (Å²) in [4.78, 5) is 4.45. The summed E-state index contributed by atoms with van der Waals surface area (Å²) in [5.74, 6) is 1.89. The molecule has 0 aliphatic heterocycles. The van der Waals surface area contributed by atoms with Crippen molar-refractivity contribution in [2.75, 3.05) is 0 Å². The Balaban J connectivity index is 1.45. The van der Waals surface area contributed by atoms with Gasteiger partial charge in [-0.15, -0.1) is 10.2 Å². The van der Waals surface area contributed by atoms with Gasteiger partial charge in [0.05, 0.1) is 11.3 Å². The molecule has 0 saturated heterocycles. The first-order valence-corrected chi connectivity index (χ1v) is 11.0. The second-order valence-electron chi connectivity index (χ2n) is 6.30. The molecule has 5 rings (SSSR count). The van der Waals surface area contributed by atoms with E-state index in [9.17, 15) is 4.39 Å². The standard InChI is InChI=1S/C21H14FN5OS2/c22-16-8-6-14(7-9-16)19-24-25-21(27(19)17-4-2-1-3-5-17)30-13-18-23-20(28-26-18)15-10-11-29-12-15/h1-12H,13H2. The van der Waals surface area contributed by atoms with Crippen molar-refractivity contribution in [1.82, 2.24) is 24.9 Å². The van der Waals surface area contributed by atoms with Crippen molar-refractivity contribution in [3.05, 3.63) is 83.1 Å². The van der Waals surface area contributed by atoms with E-state index in [1.807, 2.05) is 51.7 Å². The molecule has 30 heavy (non-hydrogen) atoms. The van der Waals surface area contributed by atoms with E-state index in [0.29, 0.717) is 28.4 Å². The Hall–Kier alpha value is -3.30. The third kappa shape index (κ3) is 3.77. The molecule has 0 bridgehead atoms.